The van der Waals surface area contributed by atoms with Gasteiger partial charge in [0, 0.05) is 30.1 Å². The van der Waals surface area contributed by atoms with Gasteiger partial charge < -0.3 is 10.2 Å². The fourth-order valence-corrected chi connectivity index (χ4v) is 2.75. The predicted molar refractivity (Wildman–Crippen MR) is 95.6 cm³/mol. The van der Waals surface area contributed by atoms with Crippen molar-refractivity contribution in [1.29, 1.82) is 0 Å². The van der Waals surface area contributed by atoms with Gasteiger partial charge in [0.1, 0.15) is 0 Å². The number of likely N-dealkylation sites (tertiary alicyclic amines) is 1. The first kappa shape index (κ1) is 19.2. The molecule has 0 spiro atoms. The highest BCUT2D eigenvalue weighted by Crippen LogP contribution is 2.13. The van der Waals surface area contributed by atoms with Gasteiger partial charge in [0.15, 0.2) is 11.6 Å². The maximum atomic E-state index is 13.3. The van der Waals surface area contributed by atoms with Crippen molar-refractivity contribution in [3.8, 4) is 0 Å². The molecule has 1 aliphatic heterocycles. The van der Waals surface area contributed by atoms with Gasteiger partial charge in [-0.15, -0.1) is 0 Å². The van der Waals surface area contributed by atoms with Crippen molar-refractivity contribution in [2.24, 2.45) is 4.99 Å². The molecular weight excluding hydrogens is 324 g/mol. The summed E-state index contributed by atoms with van der Waals surface area (Å²) in [6, 6.07) is 3.64. The van der Waals surface area contributed by atoms with Crippen molar-refractivity contribution in [2.75, 3.05) is 26.2 Å². The molecule has 1 N–H and O–H groups in total. The smallest absolute Gasteiger partial charge is 0.248 e. The Morgan fingerprint density at radius 2 is 1.84 bits per heavy atom. The number of aliphatic imine (C=N–C) groups is 1. The summed E-state index contributed by atoms with van der Waals surface area (Å²) in [5.41, 5.74) is 2.09. The normalized spacial score (nSPS) is 16.8. The van der Waals surface area contributed by atoms with Crippen LogP contribution in [-0.2, 0) is 4.79 Å². The molecule has 4 nitrogen and oxygen atoms in total. The topological polar surface area (TPSA) is 44.7 Å². The summed E-state index contributed by atoms with van der Waals surface area (Å²) in [6.07, 6.45) is 2.45. The fraction of sp³-hybridized carbons (Fsp3) is 0.474. The number of carbonyl (C=O) groups excluding carboxylic acids is 1. The van der Waals surface area contributed by atoms with Gasteiger partial charge in [-0.2, -0.15) is 0 Å². The number of nitrogens with one attached hydrogen (secondary N) is 1. The van der Waals surface area contributed by atoms with Crippen molar-refractivity contribution in [3.63, 3.8) is 0 Å². The van der Waals surface area contributed by atoms with Gasteiger partial charge in [-0.1, -0.05) is 6.07 Å². The molecule has 2 rings (SSSR count). The minimum Gasteiger partial charge on any atom is -0.351 e. The van der Waals surface area contributed by atoms with Crippen LogP contribution in [-0.4, -0.2) is 42.7 Å². The van der Waals surface area contributed by atoms with E-state index in [4.69, 9.17) is 0 Å². The minimum absolute atomic E-state index is 0.154. The van der Waals surface area contributed by atoms with Gasteiger partial charge in [0.05, 0.1) is 0 Å². The lowest BCUT2D eigenvalue weighted by Gasteiger charge is -2.15. The summed E-state index contributed by atoms with van der Waals surface area (Å²) < 4.78 is 26.3. The Balaban J connectivity index is 1.98. The number of halogens is 2. The van der Waals surface area contributed by atoms with E-state index in [0.717, 1.165) is 31.8 Å². The molecule has 0 aromatic heterocycles. The Morgan fingerprint density at radius 1 is 1.16 bits per heavy atom. The van der Waals surface area contributed by atoms with E-state index in [9.17, 15) is 13.6 Å². The van der Waals surface area contributed by atoms with E-state index >= 15 is 0 Å². The van der Waals surface area contributed by atoms with Crippen LogP contribution in [0.1, 0.15) is 39.2 Å². The van der Waals surface area contributed by atoms with Crippen LogP contribution >= 0.6 is 0 Å². The molecule has 0 radical (unpaired) electrons. The highest BCUT2D eigenvalue weighted by atomic mass is 19.2. The maximum Gasteiger partial charge on any atom is 0.248 e. The zero-order valence-electron chi connectivity index (χ0n) is 15.0. The molecule has 6 heteroatoms. The molecule has 136 valence electrons. The van der Waals surface area contributed by atoms with Crippen LogP contribution in [0.15, 0.2) is 34.5 Å². The Bertz CT molecular complexity index is 692. The van der Waals surface area contributed by atoms with Gasteiger partial charge in [0.2, 0.25) is 5.91 Å². The fourth-order valence-electron chi connectivity index (χ4n) is 2.75. The van der Waals surface area contributed by atoms with Crippen molar-refractivity contribution >= 4 is 11.6 Å². The Labute approximate surface area is 147 Å². The maximum absolute atomic E-state index is 13.3. The second-order valence-electron chi connectivity index (χ2n) is 6.34. The molecule has 0 atom stereocenters. The third-order valence-electron chi connectivity index (χ3n) is 4.47. The largest absolute Gasteiger partial charge is 0.351 e. The number of nitrogens with zero attached hydrogens (tertiary/aromatic N) is 2. The number of hydrogen-bond acceptors (Lipinski definition) is 3. The molecular formula is C19H25F2N3O. The molecule has 1 heterocycles. The minimum atomic E-state index is -0.912. The summed E-state index contributed by atoms with van der Waals surface area (Å²) in [4.78, 5) is 18.9. The summed E-state index contributed by atoms with van der Waals surface area (Å²) in [5.74, 6) is -1.96. The summed E-state index contributed by atoms with van der Waals surface area (Å²) in [7, 11) is 0. The van der Waals surface area contributed by atoms with Crippen LogP contribution in [0, 0.1) is 11.6 Å². The lowest BCUT2D eigenvalue weighted by atomic mass is 10.1. The summed E-state index contributed by atoms with van der Waals surface area (Å²) >= 11 is 0. The predicted octanol–water partition coefficient (Wildman–Crippen LogP) is 3.28. The molecule has 0 bridgehead atoms. The summed E-state index contributed by atoms with van der Waals surface area (Å²) in [6.45, 7) is 8.81. The third-order valence-corrected chi connectivity index (χ3v) is 4.47. The molecule has 1 saturated heterocycles. The number of hydrogen-bond donors (Lipinski definition) is 1. The van der Waals surface area contributed by atoms with Crippen LogP contribution in [0.2, 0.25) is 0 Å². The van der Waals surface area contributed by atoms with E-state index < -0.39 is 11.6 Å². The van der Waals surface area contributed by atoms with E-state index in [1.165, 1.54) is 18.9 Å². The molecule has 25 heavy (non-hydrogen) atoms. The molecule has 1 aromatic carbocycles. The van der Waals surface area contributed by atoms with E-state index in [2.05, 4.69) is 15.2 Å². The van der Waals surface area contributed by atoms with Crippen molar-refractivity contribution in [3.05, 3.63) is 46.7 Å². The first-order valence-corrected chi connectivity index (χ1v) is 8.57. The quantitative estimate of drug-likeness (QED) is 0.633. The standard InChI is InChI=1S/C19H25F2N3O/c1-13(19(25)22-8-11-24-9-4-5-10-24)14(2)23-15(3)16-6-7-17(20)18(21)12-16/h6-7,12H,4-5,8-11H2,1-3H3,(H,22,25)/b14-13+,23-15?. The van der Waals surface area contributed by atoms with Crippen molar-refractivity contribution in [1.82, 2.24) is 10.2 Å². The average Bonchev–Trinajstić information content (AvgIpc) is 3.09. The van der Waals surface area contributed by atoms with E-state index in [1.54, 1.807) is 20.8 Å². The highest BCUT2D eigenvalue weighted by Gasteiger charge is 2.12. The van der Waals surface area contributed by atoms with Gasteiger partial charge in [-0.25, -0.2) is 8.78 Å². The number of amides is 1. The van der Waals surface area contributed by atoms with Gasteiger partial charge in [-0.05, 0) is 64.4 Å². The number of rotatable bonds is 6. The van der Waals surface area contributed by atoms with E-state index in [-0.39, 0.29) is 5.91 Å². The second-order valence-corrected chi connectivity index (χ2v) is 6.34. The van der Waals surface area contributed by atoms with Gasteiger partial charge >= 0.3 is 0 Å². The Hall–Kier alpha value is -2.08. The van der Waals surface area contributed by atoms with Crippen LogP contribution < -0.4 is 5.32 Å². The van der Waals surface area contributed by atoms with Gasteiger partial charge in [0.25, 0.3) is 0 Å². The zero-order valence-corrected chi connectivity index (χ0v) is 15.0. The Kier molecular flexibility index (Phi) is 6.82. The van der Waals surface area contributed by atoms with Crippen molar-refractivity contribution in [2.45, 2.75) is 33.6 Å². The zero-order chi connectivity index (χ0) is 18.4. The van der Waals surface area contributed by atoms with Crippen LogP contribution in [0.25, 0.3) is 0 Å². The Morgan fingerprint density at radius 3 is 2.48 bits per heavy atom. The second kappa shape index (κ2) is 8.85. The van der Waals surface area contributed by atoms with E-state index in [1.807, 2.05) is 0 Å². The summed E-state index contributed by atoms with van der Waals surface area (Å²) in [5, 5.41) is 2.90. The number of benzene rings is 1. The highest BCUT2D eigenvalue weighted by molar-refractivity contribution is 6.00. The van der Waals surface area contributed by atoms with Crippen molar-refractivity contribution < 1.29 is 13.6 Å². The van der Waals surface area contributed by atoms with Crippen LogP contribution in [0.4, 0.5) is 8.78 Å². The van der Waals surface area contributed by atoms with E-state index in [0.29, 0.717) is 29.1 Å². The number of carbonyl (C=O) groups is 1. The SMILES string of the molecule is CC(=N/C(C)=C(\C)C(=O)NCCN1CCCC1)c1ccc(F)c(F)c1. The lowest BCUT2D eigenvalue weighted by Crippen LogP contribution is -2.34. The average molecular weight is 349 g/mol. The third kappa shape index (κ3) is 5.46. The molecule has 1 amide bonds. The van der Waals surface area contributed by atoms with Crippen LogP contribution in [0.3, 0.4) is 0 Å². The van der Waals surface area contributed by atoms with Gasteiger partial charge in [-0.3, -0.25) is 9.79 Å². The molecule has 1 aliphatic rings. The molecule has 1 aromatic rings. The molecule has 0 unspecified atom stereocenters. The molecule has 0 saturated carbocycles. The van der Waals surface area contributed by atoms with Crippen LogP contribution in [0.5, 0.6) is 0 Å². The number of allylic oxidation sites excluding steroid dienone is 1. The lowest BCUT2D eigenvalue weighted by molar-refractivity contribution is -0.117. The molecule has 0 aliphatic carbocycles. The first-order valence-electron chi connectivity index (χ1n) is 8.57. The monoisotopic (exact) mass is 349 g/mol. The first-order chi connectivity index (χ1) is 11.9. The molecule has 1 fully saturated rings.